The van der Waals surface area contributed by atoms with E-state index in [1.54, 1.807) is 7.11 Å². The lowest BCUT2D eigenvalue weighted by atomic mass is 9.93. The molecule has 1 amide bonds. The summed E-state index contributed by atoms with van der Waals surface area (Å²) in [4.78, 5) is 21.6. The fourth-order valence-electron chi connectivity index (χ4n) is 4.10. The summed E-state index contributed by atoms with van der Waals surface area (Å²) in [5.74, 6) is 2.13. The van der Waals surface area contributed by atoms with Crippen LogP contribution in [0.5, 0.6) is 0 Å². The minimum atomic E-state index is 0.00886. The van der Waals surface area contributed by atoms with Gasteiger partial charge in [0, 0.05) is 31.8 Å². The Morgan fingerprint density at radius 2 is 2.00 bits per heavy atom. The number of fused-ring (bicyclic) bond motifs is 4. The highest BCUT2D eigenvalue weighted by molar-refractivity contribution is 5.80. The van der Waals surface area contributed by atoms with E-state index in [9.17, 15) is 4.79 Å². The molecule has 5 rings (SSSR count). The van der Waals surface area contributed by atoms with Crippen molar-refractivity contribution in [2.45, 2.75) is 52.4 Å². The number of amides is 1. The molecule has 2 aromatic heterocycles. The number of hydrogen-bond acceptors (Lipinski definition) is 8. The molecule has 2 aromatic rings. The number of carbonyl (C=O) groups is 1. The summed E-state index contributed by atoms with van der Waals surface area (Å²) in [5, 5.41) is 8.04. The molecule has 3 saturated heterocycles. The third-order valence-corrected chi connectivity index (χ3v) is 5.52. The lowest BCUT2D eigenvalue weighted by Gasteiger charge is -2.36. The molecule has 0 spiro atoms. The third-order valence-electron chi connectivity index (χ3n) is 5.52. The van der Waals surface area contributed by atoms with Gasteiger partial charge in [0.05, 0.1) is 24.7 Å². The number of piperidine rings is 1. The van der Waals surface area contributed by atoms with E-state index in [1.807, 2.05) is 18.7 Å². The Morgan fingerprint density at radius 3 is 2.74 bits per heavy atom. The van der Waals surface area contributed by atoms with Gasteiger partial charge in [-0.3, -0.25) is 9.69 Å². The minimum absolute atomic E-state index is 0.00886. The van der Waals surface area contributed by atoms with Gasteiger partial charge in [0.25, 0.3) is 5.89 Å². The molecular weight excluding hydrogens is 350 g/mol. The van der Waals surface area contributed by atoms with Crippen LogP contribution in [0.25, 0.3) is 0 Å². The average Bonchev–Trinajstić information content (AvgIpc) is 3.09. The SMILES string of the molecule is COCc1nc(CN2C[C@H]3CC[C@@H](C2)N(Cc2c(C)noc2C)C3=O)no1. The molecule has 2 bridgehead atoms. The van der Waals surface area contributed by atoms with Crippen molar-refractivity contribution in [2.24, 2.45) is 5.92 Å². The Labute approximate surface area is 157 Å². The lowest BCUT2D eigenvalue weighted by Crippen LogP contribution is -2.47. The molecule has 27 heavy (non-hydrogen) atoms. The number of hydrogen-bond donors (Lipinski definition) is 0. The predicted molar refractivity (Wildman–Crippen MR) is 93.3 cm³/mol. The molecule has 0 aliphatic carbocycles. The van der Waals surface area contributed by atoms with Gasteiger partial charge in [-0.15, -0.1) is 0 Å². The zero-order chi connectivity index (χ0) is 19.0. The second-order valence-corrected chi connectivity index (χ2v) is 7.43. The summed E-state index contributed by atoms with van der Waals surface area (Å²) in [5.41, 5.74) is 1.87. The van der Waals surface area contributed by atoms with Gasteiger partial charge in [0.2, 0.25) is 5.91 Å². The Bertz CT molecular complexity index is 797. The summed E-state index contributed by atoms with van der Waals surface area (Å²) in [6, 6.07) is 0.176. The summed E-state index contributed by atoms with van der Waals surface area (Å²) in [6.45, 7) is 6.80. The Hall–Kier alpha value is -2.26. The first kappa shape index (κ1) is 18.1. The van der Waals surface area contributed by atoms with Crippen LogP contribution in [-0.4, -0.2) is 57.2 Å². The van der Waals surface area contributed by atoms with E-state index in [1.165, 1.54) is 0 Å². The van der Waals surface area contributed by atoms with E-state index in [2.05, 4.69) is 20.2 Å². The Morgan fingerprint density at radius 1 is 1.15 bits per heavy atom. The molecule has 0 unspecified atom stereocenters. The third kappa shape index (κ3) is 3.61. The van der Waals surface area contributed by atoms with Crippen molar-refractivity contribution in [3.63, 3.8) is 0 Å². The zero-order valence-electron chi connectivity index (χ0n) is 16.0. The molecule has 0 aromatic carbocycles. The molecule has 0 radical (unpaired) electrons. The average molecular weight is 375 g/mol. The molecule has 3 aliphatic heterocycles. The monoisotopic (exact) mass is 375 g/mol. The van der Waals surface area contributed by atoms with Crippen molar-refractivity contribution in [1.82, 2.24) is 25.1 Å². The maximum Gasteiger partial charge on any atom is 0.252 e. The van der Waals surface area contributed by atoms with E-state index >= 15 is 0 Å². The van der Waals surface area contributed by atoms with Crippen LogP contribution in [0.1, 0.15) is 41.6 Å². The second kappa shape index (κ2) is 7.40. The number of aromatic nitrogens is 3. The summed E-state index contributed by atoms with van der Waals surface area (Å²) < 4.78 is 15.5. The minimum Gasteiger partial charge on any atom is -0.375 e. The molecule has 0 saturated carbocycles. The predicted octanol–water partition coefficient (Wildman–Crippen LogP) is 1.44. The molecule has 3 aliphatic rings. The van der Waals surface area contributed by atoms with Crippen LogP contribution in [0, 0.1) is 19.8 Å². The van der Waals surface area contributed by atoms with Crippen molar-refractivity contribution in [3.8, 4) is 0 Å². The van der Waals surface area contributed by atoms with Gasteiger partial charge < -0.3 is 18.7 Å². The standard InChI is InChI=1S/C18H25N5O4/c1-11-15(12(2)26-20-11)8-23-14-5-4-13(18(23)24)6-22(7-14)9-16-19-17(10-25-3)27-21-16/h13-14H,4-10H2,1-3H3/t13-,14+/m1/s1. The van der Waals surface area contributed by atoms with Gasteiger partial charge in [-0.1, -0.05) is 10.3 Å². The zero-order valence-corrected chi connectivity index (χ0v) is 16.0. The number of aryl methyl sites for hydroxylation is 2. The topological polar surface area (TPSA) is 97.7 Å². The van der Waals surface area contributed by atoms with Crippen LogP contribution < -0.4 is 0 Å². The molecule has 9 heteroatoms. The maximum atomic E-state index is 13.0. The number of carbonyl (C=O) groups excluding carboxylic acids is 1. The van der Waals surface area contributed by atoms with Crippen molar-refractivity contribution < 1.29 is 18.6 Å². The van der Waals surface area contributed by atoms with Gasteiger partial charge in [-0.05, 0) is 26.7 Å². The molecule has 2 atom stereocenters. The van der Waals surface area contributed by atoms with E-state index in [0.29, 0.717) is 31.4 Å². The Balaban J connectivity index is 1.48. The number of nitrogens with zero attached hydrogens (tertiary/aromatic N) is 5. The number of rotatable bonds is 6. The summed E-state index contributed by atoms with van der Waals surface area (Å²) in [6.07, 6.45) is 1.94. The van der Waals surface area contributed by atoms with E-state index < -0.39 is 0 Å². The van der Waals surface area contributed by atoms with Crippen molar-refractivity contribution in [2.75, 3.05) is 20.2 Å². The lowest BCUT2D eigenvalue weighted by molar-refractivity contribution is -0.140. The van der Waals surface area contributed by atoms with E-state index in [0.717, 1.165) is 42.9 Å². The summed E-state index contributed by atoms with van der Waals surface area (Å²) >= 11 is 0. The molecule has 0 N–H and O–H groups in total. The molecule has 3 fully saturated rings. The van der Waals surface area contributed by atoms with Crippen LogP contribution in [-0.2, 0) is 29.2 Å². The summed E-state index contributed by atoms with van der Waals surface area (Å²) in [7, 11) is 1.59. The van der Waals surface area contributed by atoms with Gasteiger partial charge >= 0.3 is 0 Å². The highest BCUT2D eigenvalue weighted by atomic mass is 16.5. The van der Waals surface area contributed by atoms with Crippen LogP contribution in [0.4, 0.5) is 0 Å². The van der Waals surface area contributed by atoms with Gasteiger partial charge in [0.15, 0.2) is 5.82 Å². The van der Waals surface area contributed by atoms with Crippen molar-refractivity contribution in [3.05, 3.63) is 28.7 Å². The van der Waals surface area contributed by atoms with Crippen molar-refractivity contribution in [1.29, 1.82) is 0 Å². The fourth-order valence-corrected chi connectivity index (χ4v) is 4.10. The van der Waals surface area contributed by atoms with Gasteiger partial charge in [-0.2, -0.15) is 4.98 Å². The first-order chi connectivity index (χ1) is 13.0. The van der Waals surface area contributed by atoms with Crippen molar-refractivity contribution >= 4 is 5.91 Å². The highest BCUT2D eigenvalue weighted by Gasteiger charge is 2.41. The molecule has 9 nitrogen and oxygen atoms in total. The number of methoxy groups -OCH3 is 1. The fraction of sp³-hybridized carbons (Fsp3) is 0.667. The maximum absolute atomic E-state index is 13.0. The largest absolute Gasteiger partial charge is 0.375 e. The second-order valence-electron chi connectivity index (χ2n) is 7.43. The van der Waals surface area contributed by atoms with Crippen LogP contribution in [0.15, 0.2) is 9.05 Å². The van der Waals surface area contributed by atoms with Crippen LogP contribution in [0.2, 0.25) is 0 Å². The molecule has 146 valence electrons. The van der Waals surface area contributed by atoms with E-state index in [4.69, 9.17) is 13.8 Å². The van der Waals surface area contributed by atoms with E-state index in [-0.39, 0.29) is 17.9 Å². The molecular formula is C18H25N5O4. The van der Waals surface area contributed by atoms with Crippen LogP contribution in [0.3, 0.4) is 0 Å². The quantitative estimate of drug-likeness (QED) is 0.748. The smallest absolute Gasteiger partial charge is 0.252 e. The van der Waals surface area contributed by atoms with Gasteiger partial charge in [-0.25, -0.2) is 0 Å². The Kier molecular flexibility index (Phi) is 4.96. The number of ether oxygens (including phenoxy) is 1. The molecule has 5 heterocycles. The highest BCUT2D eigenvalue weighted by Crippen LogP contribution is 2.31. The van der Waals surface area contributed by atoms with Crippen LogP contribution >= 0.6 is 0 Å². The van der Waals surface area contributed by atoms with Gasteiger partial charge in [0.1, 0.15) is 12.4 Å². The normalized spacial score (nSPS) is 23.2. The first-order valence-corrected chi connectivity index (χ1v) is 9.30. The first-order valence-electron chi connectivity index (χ1n) is 9.30.